The first-order valence-corrected chi connectivity index (χ1v) is 11.8. The number of carbonyl (C=O) groups excluding carboxylic acids is 1. The number of nitrogens with zero attached hydrogens (tertiary/aromatic N) is 2. The lowest BCUT2D eigenvalue weighted by molar-refractivity contribution is 0.0953. The maximum Gasteiger partial charge on any atom is 0.251 e. The monoisotopic (exact) mass is 523 g/mol. The van der Waals surface area contributed by atoms with Gasteiger partial charge in [-0.2, -0.15) is 5.10 Å². The van der Waals surface area contributed by atoms with Gasteiger partial charge >= 0.3 is 0 Å². The van der Waals surface area contributed by atoms with Crippen LogP contribution in [-0.4, -0.2) is 40.9 Å². The normalized spacial score (nSPS) is 11.2. The van der Waals surface area contributed by atoms with Gasteiger partial charge in [0.1, 0.15) is 11.6 Å². The van der Waals surface area contributed by atoms with Crippen molar-refractivity contribution in [2.45, 2.75) is 20.3 Å². The molecule has 1 aromatic heterocycles. The minimum Gasteiger partial charge on any atom is -0.508 e. The van der Waals surface area contributed by atoms with Crippen LogP contribution in [0.2, 0.25) is 0 Å². The highest BCUT2D eigenvalue weighted by Gasteiger charge is 2.11. The lowest BCUT2D eigenvalue weighted by Gasteiger charge is -2.15. The summed E-state index contributed by atoms with van der Waals surface area (Å²) >= 11 is 3.52. The summed E-state index contributed by atoms with van der Waals surface area (Å²) in [4.78, 5) is 12.5. The largest absolute Gasteiger partial charge is 0.508 e. The SMILES string of the molecule is C=C(/C=C(/NCCCNC(=O)c1cc(O)cc(NC)c1)n1ncc(Br)c1C)c1ccccc1C. The highest BCUT2D eigenvalue weighted by molar-refractivity contribution is 9.10. The van der Waals surface area contributed by atoms with Gasteiger partial charge in [0.05, 0.1) is 16.4 Å². The fraction of sp³-hybridized carbons (Fsp3) is 0.231. The van der Waals surface area contributed by atoms with E-state index in [2.05, 4.69) is 56.5 Å². The van der Waals surface area contributed by atoms with Crippen LogP contribution in [-0.2, 0) is 0 Å². The summed E-state index contributed by atoms with van der Waals surface area (Å²) in [5.41, 5.74) is 5.15. The molecule has 4 N–H and O–H groups in total. The molecule has 0 bridgehead atoms. The summed E-state index contributed by atoms with van der Waals surface area (Å²) in [5, 5.41) is 23.5. The maximum absolute atomic E-state index is 12.5. The summed E-state index contributed by atoms with van der Waals surface area (Å²) in [6.07, 6.45) is 4.44. The molecule has 3 aromatic rings. The first-order valence-electron chi connectivity index (χ1n) is 11.0. The molecule has 0 saturated heterocycles. The predicted octanol–water partition coefficient (Wildman–Crippen LogP) is 4.93. The molecule has 34 heavy (non-hydrogen) atoms. The second-order valence-corrected chi connectivity index (χ2v) is 8.77. The van der Waals surface area contributed by atoms with Crippen molar-refractivity contribution in [3.05, 3.63) is 88.2 Å². The topological polar surface area (TPSA) is 91.2 Å². The Morgan fingerprint density at radius 2 is 1.91 bits per heavy atom. The molecule has 3 rings (SSSR count). The molecule has 0 fully saturated rings. The number of amides is 1. The van der Waals surface area contributed by atoms with Gasteiger partial charge < -0.3 is 21.1 Å². The highest BCUT2D eigenvalue weighted by atomic mass is 79.9. The van der Waals surface area contributed by atoms with Gasteiger partial charge in [-0.15, -0.1) is 0 Å². The van der Waals surface area contributed by atoms with E-state index in [1.165, 1.54) is 6.07 Å². The number of benzene rings is 2. The molecule has 0 atom stereocenters. The van der Waals surface area contributed by atoms with Crippen molar-refractivity contribution < 1.29 is 9.90 Å². The molecular formula is C26H30BrN5O2. The third kappa shape index (κ3) is 6.29. The molecule has 8 heteroatoms. The number of hydrogen-bond acceptors (Lipinski definition) is 5. The molecule has 2 aromatic carbocycles. The molecule has 1 heterocycles. The fourth-order valence-electron chi connectivity index (χ4n) is 3.49. The Balaban J connectivity index is 1.64. The van der Waals surface area contributed by atoms with Crippen molar-refractivity contribution in [1.29, 1.82) is 0 Å². The number of carbonyl (C=O) groups is 1. The minimum absolute atomic E-state index is 0.0445. The number of aryl methyl sites for hydroxylation is 1. The lowest BCUT2D eigenvalue weighted by atomic mass is 10.0. The zero-order valence-corrected chi connectivity index (χ0v) is 21.2. The number of halogens is 1. The third-order valence-electron chi connectivity index (χ3n) is 5.39. The standard InChI is InChI=1S/C26H30BrN5O2/c1-17-8-5-6-9-23(17)18(2)12-25(32-19(3)24(27)16-31-32)29-10-7-11-30-26(34)20-13-21(28-4)15-22(33)14-20/h5-6,8-9,12-16,28-29,33H,2,7,10-11H2,1,3-4H3,(H,30,34)/b25-12-. The van der Waals surface area contributed by atoms with Gasteiger partial charge in [-0.25, -0.2) is 4.68 Å². The Labute approximate surface area is 208 Å². The smallest absolute Gasteiger partial charge is 0.251 e. The van der Waals surface area contributed by atoms with E-state index in [0.29, 0.717) is 30.8 Å². The van der Waals surface area contributed by atoms with E-state index in [1.54, 1.807) is 25.4 Å². The molecule has 0 saturated carbocycles. The number of nitrogens with one attached hydrogen (secondary N) is 3. The van der Waals surface area contributed by atoms with Crippen LogP contribution in [0.4, 0.5) is 5.69 Å². The van der Waals surface area contributed by atoms with Crippen LogP contribution in [0.15, 0.2) is 65.8 Å². The Morgan fingerprint density at radius 1 is 1.18 bits per heavy atom. The van der Waals surface area contributed by atoms with Gasteiger partial charge in [0.15, 0.2) is 0 Å². The maximum atomic E-state index is 12.5. The number of rotatable bonds is 10. The van der Waals surface area contributed by atoms with Crippen LogP contribution in [0.25, 0.3) is 11.4 Å². The van der Waals surface area contributed by atoms with E-state index >= 15 is 0 Å². The van der Waals surface area contributed by atoms with Crippen molar-refractivity contribution in [2.75, 3.05) is 25.5 Å². The Bertz CT molecular complexity index is 1220. The minimum atomic E-state index is -0.233. The highest BCUT2D eigenvalue weighted by Crippen LogP contribution is 2.23. The number of phenols is 1. The first kappa shape index (κ1) is 25.1. The molecule has 178 valence electrons. The van der Waals surface area contributed by atoms with Crippen molar-refractivity contribution in [2.24, 2.45) is 0 Å². The number of aromatic hydroxyl groups is 1. The van der Waals surface area contributed by atoms with E-state index in [-0.39, 0.29) is 11.7 Å². The molecule has 0 aliphatic heterocycles. The van der Waals surface area contributed by atoms with E-state index in [4.69, 9.17) is 0 Å². The molecular weight excluding hydrogens is 494 g/mol. The van der Waals surface area contributed by atoms with Crippen molar-refractivity contribution in [1.82, 2.24) is 20.4 Å². The number of anilines is 1. The third-order valence-corrected chi connectivity index (χ3v) is 6.17. The van der Waals surface area contributed by atoms with Crippen molar-refractivity contribution in [3.63, 3.8) is 0 Å². The Morgan fingerprint density at radius 3 is 2.59 bits per heavy atom. The van der Waals surface area contributed by atoms with Gasteiger partial charge in [-0.3, -0.25) is 4.79 Å². The zero-order chi connectivity index (χ0) is 24.7. The van der Waals surface area contributed by atoms with Gasteiger partial charge in [0.25, 0.3) is 5.91 Å². The van der Waals surface area contributed by atoms with Gasteiger partial charge in [-0.05, 0) is 71.1 Å². The number of phenolic OH excluding ortho intramolecular Hbond substituents is 1. The van der Waals surface area contributed by atoms with Crippen LogP contribution >= 0.6 is 15.9 Å². The fourth-order valence-corrected chi connectivity index (χ4v) is 3.75. The lowest BCUT2D eigenvalue weighted by Crippen LogP contribution is -2.28. The molecule has 0 radical (unpaired) electrons. The van der Waals surface area contributed by atoms with Crippen LogP contribution in [0.3, 0.4) is 0 Å². The summed E-state index contributed by atoms with van der Waals surface area (Å²) in [6.45, 7) is 9.40. The van der Waals surface area contributed by atoms with Crippen molar-refractivity contribution in [3.8, 4) is 5.75 Å². The quantitative estimate of drug-likeness (QED) is 0.223. The number of hydrogen-bond donors (Lipinski definition) is 4. The van der Waals surface area contributed by atoms with E-state index in [0.717, 1.165) is 32.7 Å². The van der Waals surface area contributed by atoms with Crippen LogP contribution in [0.1, 0.15) is 33.6 Å². The summed E-state index contributed by atoms with van der Waals surface area (Å²) in [7, 11) is 1.74. The number of aromatic nitrogens is 2. The molecule has 0 unspecified atom stereocenters. The summed E-state index contributed by atoms with van der Waals surface area (Å²) in [5.74, 6) is 0.612. The average molecular weight is 524 g/mol. The van der Waals surface area contributed by atoms with Crippen LogP contribution in [0.5, 0.6) is 5.75 Å². The van der Waals surface area contributed by atoms with E-state index < -0.39 is 0 Å². The Kier molecular flexibility index (Phi) is 8.54. The van der Waals surface area contributed by atoms with Gasteiger partial charge in [-0.1, -0.05) is 30.8 Å². The predicted molar refractivity (Wildman–Crippen MR) is 142 cm³/mol. The van der Waals surface area contributed by atoms with Crippen LogP contribution in [0, 0.1) is 13.8 Å². The second kappa shape index (κ2) is 11.6. The molecule has 7 nitrogen and oxygen atoms in total. The zero-order valence-electron chi connectivity index (χ0n) is 19.7. The van der Waals surface area contributed by atoms with E-state index in [9.17, 15) is 9.90 Å². The van der Waals surface area contributed by atoms with E-state index in [1.807, 2.05) is 35.9 Å². The van der Waals surface area contributed by atoms with Gasteiger partial charge in [0.2, 0.25) is 0 Å². The first-order chi connectivity index (χ1) is 16.3. The molecule has 1 amide bonds. The molecule has 0 aliphatic carbocycles. The van der Waals surface area contributed by atoms with Crippen molar-refractivity contribution >= 4 is 38.9 Å². The Hall–Kier alpha value is -3.52. The summed E-state index contributed by atoms with van der Waals surface area (Å²) < 4.78 is 2.75. The molecule has 0 spiro atoms. The van der Waals surface area contributed by atoms with Gasteiger partial charge in [0, 0.05) is 37.5 Å². The molecule has 0 aliphatic rings. The second-order valence-electron chi connectivity index (χ2n) is 7.91. The number of allylic oxidation sites excluding steroid dienone is 2. The average Bonchev–Trinajstić information content (AvgIpc) is 3.15. The summed E-state index contributed by atoms with van der Waals surface area (Å²) in [6, 6.07) is 12.8. The van der Waals surface area contributed by atoms with Crippen LogP contribution < -0.4 is 16.0 Å².